The van der Waals surface area contributed by atoms with Gasteiger partial charge >= 0.3 is 6.18 Å². The summed E-state index contributed by atoms with van der Waals surface area (Å²) in [6, 6.07) is 9.21. The van der Waals surface area contributed by atoms with Gasteiger partial charge in [0, 0.05) is 30.1 Å². The first kappa shape index (κ1) is 27.5. The van der Waals surface area contributed by atoms with Crippen molar-refractivity contribution in [1.29, 1.82) is 0 Å². The first-order valence-electron chi connectivity index (χ1n) is 12.4. The molecule has 0 bridgehead atoms. The first-order chi connectivity index (χ1) is 19.0. The van der Waals surface area contributed by atoms with E-state index in [0.717, 1.165) is 28.3 Å². The van der Waals surface area contributed by atoms with Crippen LogP contribution in [0.25, 0.3) is 10.4 Å². The Hall–Kier alpha value is -4.10. The Morgan fingerprint density at radius 2 is 1.82 bits per heavy atom. The molecule has 13 heteroatoms. The number of amides is 1. The van der Waals surface area contributed by atoms with Crippen molar-refractivity contribution in [3.63, 3.8) is 0 Å². The van der Waals surface area contributed by atoms with Crippen LogP contribution in [0.3, 0.4) is 0 Å². The molecule has 1 saturated carbocycles. The third-order valence-electron chi connectivity index (χ3n) is 6.67. The standard InChI is InChI=1S/C27H25F3N6O3S/c1-15-10-17(12-19(11-15)35-25-31-9-6-21(36-25)27(28,29)30)20-14-33-24(40-20)26(39)7-4-16(5-8-26)23(38)34-18-2-3-22(37)32-13-18/h2-3,6,9-14,16,39H,4-5,7-8H2,1H3,(H,32,37)(H,34,38)(H,31,35,36)/t16-,26-. The van der Waals surface area contributed by atoms with Crippen LogP contribution in [0.15, 0.2) is 55.0 Å². The molecule has 5 rings (SSSR count). The molecule has 1 aliphatic carbocycles. The van der Waals surface area contributed by atoms with Crippen LogP contribution >= 0.6 is 11.3 Å². The van der Waals surface area contributed by atoms with E-state index in [4.69, 9.17) is 0 Å². The Labute approximate surface area is 231 Å². The van der Waals surface area contributed by atoms with E-state index in [1.165, 1.54) is 23.6 Å². The van der Waals surface area contributed by atoms with Crippen molar-refractivity contribution in [3.05, 3.63) is 71.3 Å². The molecule has 9 nitrogen and oxygen atoms in total. The summed E-state index contributed by atoms with van der Waals surface area (Å²) in [5.41, 5.74) is 0.422. The minimum Gasteiger partial charge on any atom is -0.493 e. The van der Waals surface area contributed by atoms with Crippen molar-refractivity contribution in [2.24, 2.45) is 5.92 Å². The lowest BCUT2D eigenvalue weighted by molar-refractivity contribution is -0.141. The summed E-state index contributed by atoms with van der Waals surface area (Å²) in [5.74, 6) is -0.754. The topological polar surface area (TPSA) is 133 Å². The fourth-order valence-electron chi connectivity index (χ4n) is 4.60. The summed E-state index contributed by atoms with van der Waals surface area (Å²) < 4.78 is 39.1. The summed E-state index contributed by atoms with van der Waals surface area (Å²) >= 11 is 1.33. The highest BCUT2D eigenvalue weighted by Crippen LogP contribution is 2.43. The number of aryl methyl sites for hydroxylation is 1. The number of alkyl halides is 3. The SMILES string of the molecule is Cc1cc(Nc2nccc(C(F)(F)F)n2)cc(-c2cnc([C@]3(O)CC[C@H](C(=O)Nc4ccc(O)nc4)CC3)s2)c1. The number of anilines is 3. The summed E-state index contributed by atoms with van der Waals surface area (Å²) in [5, 5.41) is 26.9. The monoisotopic (exact) mass is 570 g/mol. The summed E-state index contributed by atoms with van der Waals surface area (Å²) in [6.07, 6.45) is 1.17. The van der Waals surface area contributed by atoms with Gasteiger partial charge in [-0.15, -0.1) is 11.3 Å². The van der Waals surface area contributed by atoms with Crippen LogP contribution in [0.5, 0.6) is 5.88 Å². The number of aromatic nitrogens is 4. The molecule has 1 aromatic carbocycles. The third-order valence-corrected chi connectivity index (χ3v) is 7.91. The van der Waals surface area contributed by atoms with Crippen LogP contribution in [0, 0.1) is 12.8 Å². The zero-order valence-electron chi connectivity index (χ0n) is 21.2. The smallest absolute Gasteiger partial charge is 0.433 e. The fraction of sp³-hybridized carbons (Fsp3) is 0.296. The van der Waals surface area contributed by atoms with Gasteiger partial charge in [-0.3, -0.25) is 4.79 Å². The number of carbonyl (C=O) groups excluding carboxylic acids is 1. The van der Waals surface area contributed by atoms with E-state index >= 15 is 0 Å². The largest absolute Gasteiger partial charge is 0.493 e. The minimum atomic E-state index is -4.58. The number of pyridine rings is 1. The molecule has 0 saturated heterocycles. The fourth-order valence-corrected chi connectivity index (χ4v) is 5.65. The number of hydrogen-bond acceptors (Lipinski definition) is 9. The van der Waals surface area contributed by atoms with Gasteiger partial charge in [-0.05, 0) is 68.0 Å². The van der Waals surface area contributed by atoms with E-state index in [1.807, 2.05) is 13.0 Å². The Morgan fingerprint density at radius 1 is 1.05 bits per heavy atom. The first-order valence-corrected chi connectivity index (χ1v) is 13.2. The second-order valence-electron chi connectivity index (χ2n) is 9.71. The maximum absolute atomic E-state index is 13.0. The molecule has 4 N–H and O–H groups in total. The van der Waals surface area contributed by atoms with Crippen LogP contribution in [-0.4, -0.2) is 36.1 Å². The van der Waals surface area contributed by atoms with Crippen LogP contribution < -0.4 is 10.6 Å². The van der Waals surface area contributed by atoms with Gasteiger partial charge < -0.3 is 20.8 Å². The zero-order valence-corrected chi connectivity index (χ0v) is 22.1. The number of aliphatic hydroxyl groups is 1. The summed E-state index contributed by atoms with van der Waals surface area (Å²) in [7, 11) is 0. The van der Waals surface area contributed by atoms with Crippen LogP contribution in [0.2, 0.25) is 0 Å². The van der Waals surface area contributed by atoms with Crippen molar-refractivity contribution in [2.45, 2.75) is 44.4 Å². The number of aromatic hydroxyl groups is 1. The lowest BCUT2D eigenvalue weighted by atomic mass is 9.78. The lowest BCUT2D eigenvalue weighted by Gasteiger charge is -2.33. The van der Waals surface area contributed by atoms with Crippen LogP contribution in [-0.2, 0) is 16.6 Å². The molecular formula is C27H25F3N6O3S. The van der Waals surface area contributed by atoms with Crippen LogP contribution in [0.1, 0.15) is 41.9 Å². The van der Waals surface area contributed by atoms with Gasteiger partial charge in [0.2, 0.25) is 17.7 Å². The highest BCUT2D eigenvalue weighted by Gasteiger charge is 2.39. The predicted molar refractivity (Wildman–Crippen MR) is 143 cm³/mol. The average molecular weight is 571 g/mol. The maximum Gasteiger partial charge on any atom is 0.433 e. The lowest BCUT2D eigenvalue weighted by Crippen LogP contribution is -2.35. The van der Waals surface area contributed by atoms with Crippen molar-refractivity contribution in [1.82, 2.24) is 19.9 Å². The second kappa shape index (κ2) is 10.8. The minimum absolute atomic E-state index is 0.133. The molecule has 4 aromatic rings. The summed E-state index contributed by atoms with van der Waals surface area (Å²) in [6.45, 7) is 1.86. The van der Waals surface area contributed by atoms with E-state index in [2.05, 4.69) is 30.6 Å². The Kier molecular flexibility index (Phi) is 7.43. The number of nitrogens with zero attached hydrogens (tertiary/aromatic N) is 4. The molecule has 0 radical (unpaired) electrons. The number of nitrogens with one attached hydrogen (secondary N) is 2. The van der Waals surface area contributed by atoms with Gasteiger partial charge in [0.15, 0.2) is 0 Å². The number of halogens is 3. The van der Waals surface area contributed by atoms with E-state index in [0.29, 0.717) is 42.1 Å². The van der Waals surface area contributed by atoms with E-state index < -0.39 is 17.5 Å². The zero-order chi connectivity index (χ0) is 28.5. The van der Waals surface area contributed by atoms with Crippen molar-refractivity contribution in [3.8, 4) is 16.3 Å². The molecule has 40 heavy (non-hydrogen) atoms. The molecule has 3 heterocycles. The normalized spacial score (nSPS) is 19.3. The second-order valence-corrected chi connectivity index (χ2v) is 10.7. The van der Waals surface area contributed by atoms with E-state index in [9.17, 15) is 28.2 Å². The quantitative estimate of drug-likeness (QED) is 0.229. The summed E-state index contributed by atoms with van der Waals surface area (Å²) in [4.78, 5) is 29.2. The average Bonchev–Trinajstić information content (AvgIpc) is 3.41. The van der Waals surface area contributed by atoms with Gasteiger partial charge in [0.1, 0.15) is 16.3 Å². The van der Waals surface area contributed by atoms with E-state index in [1.54, 1.807) is 24.4 Å². The van der Waals surface area contributed by atoms with Crippen molar-refractivity contribution >= 4 is 34.6 Å². The Balaban J connectivity index is 1.27. The molecule has 0 aliphatic heterocycles. The molecule has 0 spiro atoms. The van der Waals surface area contributed by atoms with Gasteiger partial charge in [-0.25, -0.2) is 19.9 Å². The Bertz CT molecular complexity index is 1520. The van der Waals surface area contributed by atoms with Crippen LogP contribution in [0.4, 0.5) is 30.5 Å². The third kappa shape index (κ3) is 6.20. The molecule has 208 valence electrons. The number of hydrogen-bond donors (Lipinski definition) is 4. The molecule has 3 aromatic heterocycles. The van der Waals surface area contributed by atoms with Gasteiger partial charge in [-0.2, -0.15) is 13.2 Å². The molecule has 0 atom stereocenters. The van der Waals surface area contributed by atoms with E-state index in [-0.39, 0.29) is 23.7 Å². The highest BCUT2D eigenvalue weighted by atomic mass is 32.1. The van der Waals surface area contributed by atoms with Crippen molar-refractivity contribution < 1.29 is 28.2 Å². The highest BCUT2D eigenvalue weighted by molar-refractivity contribution is 7.15. The Morgan fingerprint density at radius 3 is 2.52 bits per heavy atom. The predicted octanol–water partition coefficient (Wildman–Crippen LogP) is 5.79. The molecule has 1 aliphatic rings. The maximum atomic E-state index is 13.0. The van der Waals surface area contributed by atoms with Gasteiger partial charge in [-0.1, -0.05) is 6.07 Å². The number of carbonyl (C=O) groups is 1. The van der Waals surface area contributed by atoms with Crippen molar-refractivity contribution in [2.75, 3.05) is 10.6 Å². The molecule has 1 amide bonds. The number of benzene rings is 1. The van der Waals surface area contributed by atoms with Gasteiger partial charge in [0.25, 0.3) is 0 Å². The molecule has 0 unspecified atom stereocenters. The number of thiazole rings is 1. The van der Waals surface area contributed by atoms with Gasteiger partial charge in [0.05, 0.1) is 16.8 Å². The molecular weight excluding hydrogens is 545 g/mol. The number of rotatable bonds is 6. The molecule has 1 fully saturated rings.